The lowest BCUT2D eigenvalue weighted by atomic mass is 9.97. The Hall–Kier alpha value is -1.32. The molecule has 0 saturated heterocycles. The molecule has 1 heterocycles. The third kappa shape index (κ3) is 1.43. The summed E-state index contributed by atoms with van der Waals surface area (Å²) in [5.41, 5.74) is 8.11. The zero-order valence-corrected chi connectivity index (χ0v) is 7.80. The standard InChI is InChI=1S/C9H14N4/c1-11-9-12-7-5-3-2-4-6(7)8(10)13-9/h2-5H2,1H3,(H3,10,11,12,13). The fourth-order valence-corrected chi connectivity index (χ4v) is 1.73. The second-order valence-corrected chi connectivity index (χ2v) is 3.31. The number of nitrogens with zero attached hydrogens (tertiary/aromatic N) is 2. The number of aryl methyl sites for hydroxylation is 1. The Morgan fingerprint density at radius 1 is 1.23 bits per heavy atom. The molecular formula is C9H14N4. The molecule has 1 aromatic rings. The monoisotopic (exact) mass is 178 g/mol. The van der Waals surface area contributed by atoms with E-state index in [4.69, 9.17) is 5.73 Å². The first-order chi connectivity index (χ1) is 6.31. The van der Waals surface area contributed by atoms with Crippen LogP contribution < -0.4 is 11.1 Å². The minimum Gasteiger partial charge on any atom is -0.383 e. The van der Waals surface area contributed by atoms with Gasteiger partial charge in [-0.2, -0.15) is 4.98 Å². The number of nitrogen functional groups attached to an aromatic ring is 1. The first-order valence-electron chi connectivity index (χ1n) is 4.64. The van der Waals surface area contributed by atoms with E-state index in [0.29, 0.717) is 11.8 Å². The maximum absolute atomic E-state index is 5.83. The molecule has 70 valence electrons. The zero-order chi connectivity index (χ0) is 9.26. The van der Waals surface area contributed by atoms with Crippen molar-refractivity contribution in [3.05, 3.63) is 11.3 Å². The third-order valence-corrected chi connectivity index (χ3v) is 2.44. The van der Waals surface area contributed by atoms with Gasteiger partial charge in [-0.3, -0.25) is 0 Å². The van der Waals surface area contributed by atoms with Crippen molar-refractivity contribution in [3.63, 3.8) is 0 Å². The van der Waals surface area contributed by atoms with E-state index < -0.39 is 0 Å². The molecule has 0 fully saturated rings. The number of nitrogens with two attached hydrogens (primary N) is 1. The number of hydrogen-bond donors (Lipinski definition) is 2. The lowest BCUT2D eigenvalue weighted by molar-refractivity contribution is 0.666. The first kappa shape index (κ1) is 8.29. The maximum atomic E-state index is 5.83. The van der Waals surface area contributed by atoms with Crippen LogP contribution in [-0.4, -0.2) is 17.0 Å². The Morgan fingerprint density at radius 3 is 2.77 bits per heavy atom. The van der Waals surface area contributed by atoms with Gasteiger partial charge >= 0.3 is 0 Å². The van der Waals surface area contributed by atoms with E-state index in [0.717, 1.165) is 24.1 Å². The average Bonchev–Trinajstić information content (AvgIpc) is 2.18. The third-order valence-electron chi connectivity index (χ3n) is 2.44. The normalized spacial score (nSPS) is 15.2. The van der Waals surface area contributed by atoms with Crippen LogP contribution >= 0.6 is 0 Å². The van der Waals surface area contributed by atoms with Crippen molar-refractivity contribution < 1.29 is 0 Å². The zero-order valence-electron chi connectivity index (χ0n) is 7.80. The number of anilines is 2. The largest absolute Gasteiger partial charge is 0.383 e. The summed E-state index contributed by atoms with van der Waals surface area (Å²) in [5.74, 6) is 1.28. The van der Waals surface area contributed by atoms with Gasteiger partial charge in [0.05, 0.1) is 5.69 Å². The number of fused-ring (bicyclic) bond motifs is 1. The van der Waals surface area contributed by atoms with Crippen molar-refractivity contribution in [1.82, 2.24) is 9.97 Å². The topological polar surface area (TPSA) is 63.8 Å². The van der Waals surface area contributed by atoms with E-state index in [1.165, 1.54) is 12.8 Å². The van der Waals surface area contributed by atoms with Crippen LogP contribution in [0.1, 0.15) is 24.1 Å². The van der Waals surface area contributed by atoms with Crippen LogP contribution in [0, 0.1) is 0 Å². The van der Waals surface area contributed by atoms with Crippen LogP contribution in [0.5, 0.6) is 0 Å². The molecule has 4 nitrogen and oxygen atoms in total. The lowest BCUT2D eigenvalue weighted by Crippen LogP contribution is -2.12. The highest BCUT2D eigenvalue weighted by Gasteiger charge is 2.15. The number of rotatable bonds is 1. The van der Waals surface area contributed by atoms with E-state index in [9.17, 15) is 0 Å². The number of aromatic nitrogens is 2. The van der Waals surface area contributed by atoms with Crippen molar-refractivity contribution in [2.75, 3.05) is 18.1 Å². The van der Waals surface area contributed by atoms with Crippen LogP contribution in [0.2, 0.25) is 0 Å². The second-order valence-electron chi connectivity index (χ2n) is 3.31. The van der Waals surface area contributed by atoms with Crippen molar-refractivity contribution in [2.24, 2.45) is 0 Å². The summed E-state index contributed by atoms with van der Waals surface area (Å²) in [4.78, 5) is 8.55. The summed E-state index contributed by atoms with van der Waals surface area (Å²) in [5, 5.41) is 2.92. The van der Waals surface area contributed by atoms with E-state index in [1.807, 2.05) is 7.05 Å². The lowest BCUT2D eigenvalue weighted by Gasteiger charge is -2.16. The van der Waals surface area contributed by atoms with Crippen LogP contribution in [0.3, 0.4) is 0 Å². The highest BCUT2D eigenvalue weighted by atomic mass is 15.1. The van der Waals surface area contributed by atoms with Crippen LogP contribution in [0.15, 0.2) is 0 Å². The molecule has 0 amide bonds. The predicted molar refractivity (Wildman–Crippen MR) is 52.6 cm³/mol. The highest BCUT2D eigenvalue weighted by molar-refractivity contribution is 5.47. The van der Waals surface area contributed by atoms with Crippen LogP contribution in [0.25, 0.3) is 0 Å². The fourth-order valence-electron chi connectivity index (χ4n) is 1.73. The van der Waals surface area contributed by atoms with Gasteiger partial charge in [0, 0.05) is 12.6 Å². The van der Waals surface area contributed by atoms with Crippen molar-refractivity contribution in [1.29, 1.82) is 0 Å². The molecule has 1 aliphatic carbocycles. The maximum Gasteiger partial charge on any atom is 0.224 e. The van der Waals surface area contributed by atoms with Gasteiger partial charge in [-0.15, -0.1) is 0 Å². The molecule has 1 aromatic heterocycles. The van der Waals surface area contributed by atoms with Gasteiger partial charge in [0.25, 0.3) is 0 Å². The van der Waals surface area contributed by atoms with Gasteiger partial charge in [-0.25, -0.2) is 4.98 Å². The summed E-state index contributed by atoms with van der Waals surface area (Å²) in [6.07, 6.45) is 4.49. The van der Waals surface area contributed by atoms with Gasteiger partial charge in [-0.05, 0) is 25.7 Å². The predicted octanol–water partition coefficient (Wildman–Crippen LogP) is 0.979. The van der Waals surface area contributed by atoms with Crippen molar-refractivity contribution in [3.8, 4) is 0 Å². The summed E-state index contributed by atoms with van der Waals surface area (Å²) < 4.78 is 0. The number of hydrogen-bond acceptors (Lipinski definition) is 4. The Kier molecular flexibility index (Phi) is 2.04. The van der Waals surface area contributed by atoms with E-state index in [-0.39, 0.29) is 0 Å². The van der Waals surface area contributed by atoms with Crippen LogP contribution in [-0.2, 0) is 12.8 Å². The van der Waals surface area contributed by atoms with Crippen LogP contribution in [0.4, 0.5) is 11.8 Å². The molecule has 0 bridgehead atoms. The average molecular weight is 178 g/mol. The molecule has 0 aliphatic heterocycles. The molecule has 4 heteroatoms. The summed E-state index contributed by atoms with van der Waals surface area (Å²) in [6, 6.07) is 0. The molecule has 0 spiro atoms. The second kappa shape index (κ2) is 3.20. The highest BCUT2D eigenvalue weighted by Crippen LogP contribution is 2.24. The molecule has 0 unspecified atom stereocenters. The van der Waals surface area contributed by atoms with Gasteiger partial charge in [0.15, 0.2) is 0 Å². The molecular weight excluding hydrogens is 164 g/mol. The fraction of sp³-hybridized carbons (Fsp3) is 0.556. The van der Waals surface area contributed by atoms with Gasteiger partial charge in [0.2, 0.25) is 5.95 Å². The quantitative estimate of drug-likeness (QED) is 0.672. The van der Waals surface area contributed by atoms with Gasteiger partial charge in [-0.1, -0.05) is 0 Å². The molecule has 2 rings (SSSR count). The molecule has 1 aliphatic rings. The molecule has 0 aromatic carbocycles. The van der Waals surface area contributed by atoms with Crippen molar-refractivity contribution >= 4 is 11.8 Å². The van der Waals surface area contributed by atoms with E-state index in [1.54, 1.807) is 0 Å². The smallest absolute Gasteiger partial charge is 0.224 e. The molecule has 0 saturated carbocycles. The Bertz CT molecular complexity index is 322. The summed E-state index contributed by atoms with van der Waals surface area (Å²) in [7, 11) is 1.81. The van der Waals surface area contributed by atoms with E-state index >= 15 is 0 Å². The van der Waals surface area contributed by atoms with Gasteiger partial charge in [0.1, 0.15) is 5.82 Å². The molecule has 3 N–H and O–H groups in total. The first-order valence-corrected chi connectivity index (χ1v) is 4.64. The molecule has 13 heavy (non-hydrogen) atoms. The Labute approximate surface area is 77.6 Å². The minimum absolute atomic E-state index is 0.637. The minimum atomic E-state index is 0.637. The van der Waals surface area contributed by atoms with E-state index in [2.05, 4.69) is 15.3 Å². The Morgan fingerprint density at radius 2 is 2.00 bits per heavy atom. The summed E-state index contributed by atoms with van der Waals surface area (Å²) in [6.45, 7) is 0. The summed E-state index contributed by atoms with van der Waals surface area (Å²) >= 11 is 0. The Balaban J connectivity index is 2.47. The molecule has 0 radical (unpaired) electrons. The van der Waals surface area contributed by atoms with Crippen molar-refractivity contribution in [2.45, 2.75) is 25.7 Å². The number of nitrogens with one attached hydrogen (secondary N) is 1. The van der Waals surface area contributed by atoms with Gasteiger partial charge < -0.3 is 11.1 Å². The molecule has 0 atom stereocenters. The SMILES string of the molecule is CNc1nc(N)c2c(n1)CCCC2.